The molecule has 0 saturated heterocycles. The molecule has 0 unspecified atom stereocenters. The van der Waals surface area contributed by atoms with Crippen molar-refractivity contribution in [3.8, 4) is 6.07 Å². The number of H-pyrrole nitrogens is 1. The molecule has 0 radical (unpaired) electrons. The summed E-state index contributed by atoms with van der Waals surface area (Å²) in [5.41, 5.74) is 0.172. The molecule has 8 nitrogen and oxygen atoms in total. The molecule has 0 atom stereocenters. The minimum absolute atomic E-state index is 0.00457. The summed E-state index contributed by atoms with van der Waals surface area (Å²) < 4.78 is 25.6. The fourth-order valence-electron chi connectivity index (χ4n) is 2.81. The second-order valence-corrected chi connectivity index (χ2v) is 8.49. The van der Waals surface area contributed by atoms with Gasteiger partial charge in [0.2, 0.25) is 9.84 Å². The number of nitrogens with zero attached hydrogens (tertiary/aromatic N) is 2. The predicted octanol–water partition coefficient (Wildman–Crippen LogP) is 1.47. The summed E-state index contributed by atoms with van der Waals surface area (Å²) in [6, 6.07) is 9.90. The number of anilines is 1. The first kappa shape index (κ1) is 17.2. The molecule has 0 bridgehead atoms. The number of amides is 1. The molecule has 1 aliphatic carbocycles. The smallest absolute Gasteiger partial charge is 0.268 e. The fourth-order valence-corrected chi connectivity index (χ4v) is 4.07. The van der Waals surface area contributed by atoms with E-state index in [1.165, 1.54) is 12.3 Å². The third kappa shape index (κ3) is 3.15. The van der Waals surface area contributed by atoms with Crippen LogP contribution in [-0.4, -0.2) is 31.5 Å². The van der Waals surface area contributed by atoms with Crippen LogP contribution in [0.5, 0.6) is 0 Å². The Hall–Kier alpha value is -3.25. The summed E-state index contributed by atoms with van der Waals surface area (Å²) >= 11 is 0. The van der Waals surface area contributed by atoms with Crippen molar-refractivity contribution in [2.75, 3.05) is 11.6 Å². The Kier molecular flexibility index (Phi) is 3.93. The first-order valence-electron chi connectivity index (χ1n) is 8.38. The van der Waals surface area contributed by atoms with Gasteiger partial charge in [-0.05, 0) is 43.2 Å². The summed E-state index contributed by atoms with van der Waals surface area (Å²) in [6.45, 7) is 0.632. The Morgan fingerprint density at radius 1 is 1.22 bits per heavy atom. The number of carbonyl (C=O) groups is 1. The molecule has 1 amide bonds. The van der Waals surface area contributed by atoms with Crippen molar-refractivity contribution in [1.82, 2.24) is 15.6 Å². The molecule has 1 fully saturated rings. The highest BCUT2D eigenvalue weighted by Gasteiger charge is 2.45. The van der Waals surface area contributed by atoms with Crippen LogP contribution in [-0.2, 0) is 9.84 Å². The van der Waals surface area contributed by atoms with E-state index >= 15 is 0 Å². The lowest BCUT2D eigenvalue weighted by Crippen LogP contribution is -2.35. The van der Waals surface area contributed by atoms with Gasteiger partial charge in [-0.15, -0.1) is 0 Å². The standard InChI is InChI=1S/C18H17N5O3S/c19-11-18(5-6-18)22-17(24)16-9-15(10-21-16)27(25,26)14-3-1-13(2-4-14)23-8-7-20-12-23/h1-4,7-10,20-21H,5-6,12H2,(H,22,24). The Labute approximate surface area is 156 Å². The number of nitrogens with one attached hydrogen (secondary N) is 3. The second kappa shape index (κ2) is 6.17. The Bertz CT molecular complexity index is 1060. The minimum Gasteiger partial charge on any atom is -0.372 e. The summed E-state index contributed by atoms with van der Waals surface area (Å²) in [5, 5.41) is 14.7. The number of benzene rings is 1. The van der Waals surface area contributed by atoms with Gasteiger partial charge in [0.05, 0.1) is 22.5 Å². The first-order valence-corrected chi connectivity index (χ1v) is 9.86. The second-order valence-electron chi connectivity index (χ2n) is 6.54. The normalized spacial score (nSPS) is 17.2. The predicted molar refractivity (Wildman–Crippen MR) is 97.4 cm³/mol. The summed E-state index contributed by atoms with van der Waals surface area (Å²) in [6.07, 6.45) is 6.19. The van der Waals surface area contributed by atoms with Gasteiger partial charge in [-0.25, -0.2) is 8.42 Å². The molecule has 2 aromatic rings. The Balaban J connectivity index is 1.54. The monoisotopic (exact) mass is 383 g/mol. The van der Waals surface area contributed by atoms with Gasteiger partial charge in [0.15, 0.2) is 0 Å². The van der Waals surface area contributed by atoms with Crippen molar-refractivity contribution in [3.05, 3.63) is 54.6 Å². The molecule has 138 valence electrons. The lowest BCUT2D eigenvalue weighted by atomic mass is 10.3. The average molecular weight is 383 g/mol. The van der Waals surface area contributed by atoms with E-state index in [9.17, 15) is 13.2 Å². The number of sulfone groups is 1. The van der Waals surface area contributed by atoms with E-state index in [0.717, 1.165) is 5.69 Å². The molecule has 1 saturated carbocycles. The quantitative estimate of drug-likeness (QED) is 0.720. The average Bonchev–Trinajstić information content (AvgIpc) is 3.10. The van der Waals surface area contributed by atoms with Crippen LogP contribution in [0.25, 0.3) is 0 Å². The summed E-state index contributed by atoms with van der Waals surface area (Å²) in [5.74, 6) is -0.487. The highest BCUT2D eigenvalue weighted by molar-refractivity contribution is 7.91. The number of carbonyl (C=O) groups excluding carboxylic acids is 1. The van der Waals surface area contributed by atoms with Crippen molar-refractivity contribution < 1.29 is 13.2 Å². The zero-order valence-electron chi connectivity index (χ0n) is 14.3. The molecule has 1 aliphatic heterocycles. The van der Waals surface area contributed by atoms with Gasteiger partial charge >= 0.3 is 0 Å². The van der Waals surface area contributed by atoms with E-state index in [1.54, 1.807) is 24.3 Å². The molecule has 2 heterocycles. The zero-order valence-corrected chi connectivity index (χ0v) is 15.1. The Morgan fingerprint density at radius 2 is 1.96 bits per heavy atom. The minimum atomic E-state index is -3.75. The first-order chi connectivity index (χ1) is 12.9. The molecule has 27 heavy (non-hydrogen) atoms. The van der Waals surface area contributed by atoms with Gasteiger partial charge in [-0.3, -0.25) is 4.79 Å². The lowest BCUT2D eigenvalue weighted by molar-refractivity contribution is 0.0937. The summed E-state index contributed by atoms with van der Waals surface area (Å²) in [4.78, 5) is 17.0. The van der Waals surface area contributed by atoms with E-state index in [0.29, 0.717) is 19.5 Å². The van der Waals surface area contributed by atoms with Crippen LogP contribution in [0, 0.1) is 11.3 Å². The van der Waals surface area contributed by atoms with Crippen molar-refractivity contribution in [2.24, 2.45) is 0 Å². The molecular weight excluding hydrogens is 366 g/mol. The third-order valence-corrected chi connectivity index (χ3v) is 6.39. The topological polar surface area (TPSA) is 118 Å². The molecule has 9 heteroatoms. The van der Waals surface area contributed by atoms with E-state index in [1.807, 2.05) is 17.3 Å². The van der Waals surface area contributed by atoms with Gasteiger partial charge in [0.25, 0.3) is 5.91 Å². The Morgan fingerprint density at radius 3 is 2.56 bits per heavy atom. The van der Waals surface area contributed by atoms with Gasteiger partial charge < -0.3 is 20.5 Å². The van der Waals surface area contributed by atoms with E-state index in [4.69, 9.17) is 5.26 Å². The molecule has 1 aromatic carbocycles. The maximum atomic E-state index is 12.8. The molecule has 0 spiro atoms. The van der Waals surface area contributed by atoms with Crippen molar-refractivity contribution in [1.29, 1.82) is 5.26 Å². The van der Waals surface area contributed by atoms with Crippen LogP contribution in [0.4, 0.5) is 5.69 Å². The molecule has 4 rings (SSSR count). The zero-order chi connectivity index (χ0) is 19.1. The van der Waals surface area contributed by atoms with Gasteiger partial charge in [0.1, 0.15) is 11.2 Å². The number of nitriles is 1. The maximum absolute atomic E-state index is 12.8. The van der Waals surface area contributed by atoms with Crippen LogP contribution in [0.1, 0.15) is 23.3 Å². The number of hydrogen-bond donors (Lipinski definition) is 3. The van der Waals surface area contributed by atoms with Crippen LogP contribution in [0.2, 0.25) is 0 Å². The number of hydrogen-bond acceptors (Lipinski definition) is 6. The van der Waals surface area contributed by atoms with E-state index in [2.05, 4.69) is 21.7 Å². The van der Waals surface area contributed by atoms with Gasteiger partial charge in [0, 0.05) is 24.3 Å². The van der Waals surface area contributed by atoms with Gasteiger partial charge in [-0.1, -0.05) is 0 Å². The SMILES string of the molecule is N#CC1(NC(=O)c2cc(S(=O)(=O)c3ccc(N4C=CNC4)cc3)c[nH]2)CC1. The van der Waals surface area contributed by atoms with Crippen LogP contribution >= 0.6 is 0 Å². The molecule has 3 N–H and O–H groups in total. The lowest BCUT2D eigenvalue weighted by Gasteiger charge is -2.15. The van der Waals surface area contributed by atoms with Gasteiger partial charge in [-0.2, -0.15) is 5.26 Å². The molecule has 1 aromatic heterocycles. The molecule has 2 aliphatic rings. The number of aromatic nitrogens is 1. The number of rotatable bonds is 5. The van der Waals surface area contributed by atoms with Crippen molar-refractivity contribution in [3.63, 3.8) is 0 Å². The maximum Gasteiger partial charge on any atom is 0.268 e. The highest BCUT2D eigenvalue weighted by atomic mass is 32.2. The number of aromatic amines is 1. The van der Waals surface area contributed by atoms with E-state index < -0.39 is 21.3 Å². The van der Waals surface area contributed by atoms with Crippen molar-refractivity contribution in [2.45, 2.75) is 28.2 Å². The third-order valence-electron chi connectivity index (χ3n) is 4.64. The highest BCUT2D eigenvalue weighted by Crippen LogP contribution is 2.34. The summed E-state index contributed by atoms with van der Waals surface area (Å²) in [7, 11) is -3.75. The van der Waals surface area contributed by atoms with Crippen LogP contribution < -0.4 is 15.5 Å². The fraction of sp³-hybridized carbons (Fsp3) is 0.222. The van der Waals surface area contributed by atoms with E-state index in [-0.39, 0.29) is 15.5 Å². The van der Waals surface area contributed by atoms with Crippen LogP contribution in [0.15, 0.2) is 58.7 Å². The van der Waals surface area contributed by atoms with Crippen molar-refractivity contribution >= 4 is 21.4 Å². The largest absolute Gasteiger partial charge is 0.372 e. The van der Waals surface area contributed by atoms with Crippen LogP contribution in [0.3, 0.4) is 0 Å². The molecular formula is C18H17N5O3S.